The van der Waals surface area contributed by atoms with Gasteiger partial charge in [0, 0.05) is 55.8 Å². The van der Waals surface area contributed by atoms with Crippen molar-refractivity contribution in [3.05, 3.63) is 41.7 Å². The summed E-state index contributed by atoms with van der Waals surface area (Å²) in [5, 5.41) is 43.0. The van der Waals surface area contributed by atoms with Gasteiger partial charge in [0.1, 0.15) is 29.5 Å². The number of benzene rings is 1. The van der Waals surface area contributed by atoms with E-state index in [9.17, 15) is 38.1 Å². The van der Waals surface area contributed by atoms with Crippen LogP contribution in [-0.4, -0.2) is 142 Å². The first-order valence-corrected chi connectivity index (χ1v) is 22.2. The fourth-order valence-corrected chi connectivity index (χ4v) is 9.33. The molecule has 17 heteroatoms. The molecule has 58 heavy (non-hydrogen) atoms. The quantitative estimate of drug-likeness (QED) is 0.218. The molecule has 1 aromatic carbocycles. The van der Waals surface area contributed by atoms with Gasteiger partial charge >= 0.3 is 5.97 Å². The van der Waals surface area contributed by atoms with E-state index in [1.54, 1.807) is 49.7 Å². The van der Waals surface area contributed by atoms with Crippen LogP contribution in [0.3, 0.4) is 0 Å². The van der Waals surface area contributed by atoms with E-state index in [1.165, 1.54) is 27.0 Å². The number of Topliss-reactive ketones (excluding diaryl/α,β-unsaturated/α-hetero) is 2. The van der Waals surface area contributed by atoms with E-state index in [-0.39, 0.29) is 36.2 Å². The lowest BCUT2D eigenvalue weighted by molar-refractivity contribution is -0.293. The van der Waals surface area contributed by atoms with E-state index in [1.807, 2.05) is 25.1 Å². The van der Waals surface area contributed by atoms with Crippen molar-refractivity contribution in [2.24, 2.45) is 23.7 Å². The number of esters is 1. The molecule has 1 unspecified atom stereocenters. The zero-order chi connectivity index (χ0) is 42.9. The number of fused-ring (bicyclic) bond motifs is 2. The van der Waals surface area contributed by atoms with Gasteiger partial charge in [-0.2, -0.15) is 0 Å². The van der Waals surface area contributed by atoms with Crippen molar-refractivity contribution in [1.82, 2.24) is 19.9 Å². The third kappa shape index (κ3) is 10.1. The van der Waals surface area contributed by atoms with Gasteiger partial charge in [0.15, 0.2) is 21.9 Å². The molecule has 13 atom stereocenters. The van der Waals surface area contributed by atoms with Crippen molar-refractivity contribution >= 4 is 27.4 Å². The van der Waals surface area contributed by atoms with Gasteiger partial charge in [-0.3, -0.25) is 19.1 Å². The fraction of sp³-hybridized carbons (Fsp3) is 0.732. The van der Waals surface area contributed by atoms with Gasteiger partial charge in [-0.1, -0.05) is 38.1 Å². The third-order valence-corrected chi connectivity index (χ3v) is 13.6. The van der Waals surface area contributed by atoms with Crippen molar-refractivity contribution in [2.75, 3.05) is 26.5 Å². The highest BCUT2D eigenvalue weighted by Crippen LogP contribution is 2.42. The van der Waals surface area contributed by atoms with Crippen LogP contribution < -0.4 is 0 Å². The van der Waals surface area contributed by atoms with E-state index < -0.39 is 93.2 Å². The smallest absolute Gasteiger partial charge is 0.316 e. The summed E-state index contributed by atoms with van der Waals surface area (Å²) in [7, 11) is -1.38. The maximum Gasteiger partial charge on any atom is 0.316 e. The highest BCUT2D eigenvalue weighted by Gasteiger charge is 2.55. The number of cyclic esters (lactones) is 1. The number of hydrogen-bond donors (Lipinski definition) is 3. The highest BCUT2D eigenvalue weighted by molar-refractivity contribution is 7.90. The van der Waals surface area contributed by atoms with E-state index in [0.717, 1.165) is 11.3 Å². The number of aromatic nitrogens is 3. The van der Waals surface area contributed by atoms with Crippen LogP contribution in [0, 0.1) is 23.7 Å². The zero-order valence-electron chi connectivity index (χ0n) is 35.1. The minimum atomic E-state index is -3.27. The van der Waals surface area contributed by atoms with E-state index in [0.29, 0.717) is 32.4 Å². The van der Waals surface area contributed by atoms with Gasteiger partial charge in [0.2, 0.25) is 0 Å². The summed E-state index contributed by atoms with van der Waals surface area (Å²) in [6.07, 6.45) is -1.58. The molecule has 0 amide bonds. The van der Waals surface area contributed by atoms with Crippen LogP contribution in [0.5, 0.6) is 0 Å². The summed E-state index contributed by atoms with van der Waals surface area (Å²) in [6.45, 7) is 12.2. The largest absolute Gasteiger partial charge is 0.459 e. The number of nitrogens with zero attached hydrogens (tertiary/aromatic N) is 4. The Morgan fingerprint density at radius 3 is 2.33 bits per heavy atom. The molecule has 3 aliphatic heterocycles. The van der Waals surface area contributed by atoms with Crippen molar-refractivity contribution < 1.29 is 57.1 Å². The zero-order valence-corrected chi connectivity index (χ0v) is 35.9. The first-order chi connectivity index (χ1) is 27.1. The van der Waals surface area contributed by atoms with Gasteiger partial charge in [-0.25, -0.2) is 8.42 Å². The topological polar surface area (TPSA) is 217 Å². The maximum atomic E-state index is 14.1. The van der Waals surface area contributed by atoms with E-state index >= 15 is 0 Å². The fourth-order valence-electron chi connectivity index (χ4n) is 8.70. The number of carbonyl (C=O) groups is 3. The third-order valence-electron chi connectivity index (χ3n) is 12.5. The second-order valence-electron chi connectivity index (χ2n) is 17.2. The molecule has 16 nitrogen and oxygen atoms in total. The summed E-state index contributed by atoms with van der Waals surface area (Å²) in [4.78, 5) is 43.6. The van der Waals surface area contributed by atoms with Gasteiger partial charge in [0.25, 0.3) is 0 Å². The molecule has 5 rings (SSSR count). The second kappa shape index (κ2) is 18.2. The Morgan fingerprint density at radius 2 is 1.69 bits per heavy atom. The first kappa shape index (κ1) is 45.9. The first-order valence-electron chi connectivity index (χ1n) is 20.3. The Kier molecular flexibility index (Phi) is 14.4. The predicted octanol–water partition coefficient (Wildman–Crippen LogP) is 1.94. The lowest BCUT2D eigenvalue weighted by Gasteiger charge is -2.46. The Hall–Kier alpha value is -3.16. The van der Waals surface area contributed by atoms with Crippen LogP contribution >= 0.6 is 0 Å². The maximum absolute atomic E-state index is 14.1. The standard InChI is InChI=1S/C41H62N4O12S/c1-10-32-41(7,51)36(49)24(3)34(47)28-20-40(6,54-22-28)37(25(4)33(46)26(5)38(50)56-32)57-39-35(48)31(19-23(2)55-39)44(8)17-16-29-21-45(43-42-29)18-15-27-11-13-30(14-12-27)58(9,52)53/h11-14,21,23-26,28,31-32,35-37,39,48-49,51H,10,15-20,22H2,1-9H3/t23-,24+,25+,26-,28+,31+,32-,35?,36-,37-,39+,40-,41-/m1/s1. The molecule has 3 saturated heterocycles. The summed E-state index contributed by atoms with van der Waals surface area (Å²) in [5.74, 6) is -5.71. The van der Waals surface area contributed by atoms with Crippen LogP contribution in [0.15, 0.2) is 35.4 Å². The van der Waals surface area contributed by atoms with Crippen LogP contribution in [0.4, 0.5) is 0 Å². The van der Waals surface area contributed by atoms with Gasteiger partial charge in [-0.05, 0) is 78.1 Å². The van der Waals surface area contributed by atoms with Gasteiger partial charge in [-0.15, -0.1) is 5.10 Å². The number of carbonyl (C=O) groups excluding carboxylic acids is 3. The minimum Gasteiger partial charge on any atom is -0.459 e. The molecule has 3 fully saturated rings. The highest BCUT2D eigenvalue weighted by atomic mass is 32.2. The molecule has 0 spiro atoms. The van der Waals surface area contributed by atoms with Crippen LogP contribution in [0.1, 0.15) is 79.0 Å². The molecule has 0 saturated carbocycles. The summed E-state index contributed by atoms with van der Waals surface area (Å²) >= 11 is 0. The van der Waals surface area contributed by atoms with Crippen molar-refractivity contribution in [3.8, 4) is 0 Å². The molecule has 2 aromatic rings. The number of sulfone groups is 1. The van der Waals surface area contributed by atoms with Crippen molar-refractivity contribution in [3.63, 3.8) is 0 Å². The molecule has 3 aliphatic rings. The summed E-state index contributed by atoms with van der Waals surface area (Å²) in [5.41, 5.74) is -1.48. The van der Waals surface area contributed by atoms with Crippen molar-refractivity contribution in [1.29, 1.82) is 0 Å². The summed E-state index contributed by atoms with van der Waals surface area (Å²) < 4.78 is 50.0. The molecule has 2 bridgehead atoms. The van der Waals surface area contributed by atoms with E-state index in [2.05, 4.69) is 10.3 Å². The molecule has 4 heterocycles. The number of aliphatic hydroxyl groups excluding tert-OH is 2. The number of rotatable bonds is 11. The molecule has 1 aromatic heterocycles. The Morgan fingerprint density at radius 1 is 1.02 bits per heavy atom. The Bertz CT molecular complexity index is 1870. The van der Waals surface area contributed by atoms with Gasteiger partial charge < -0.3 is 39.2 Å². The normalized spacial score (nSPS) is 36.8. The average Bonchev–Trinajstić information content (AvgIpc) is 3.82. The van der Waals surface area contributed by atoms with Crippen LogP contribution in [0.2, 0.25) is 0 Å². The number of ether oxygens (including phenoxy) is 4. The molecule has 324 valence electrons. The van der Waals surface area contributed by atoms with E-state index in [4.69, 9.17) is 18.9 Å². The molecule has 0 aliphatic carbocycles. The van der Waals surface area contributed by atoms with Crippen molar-refractivity contribution in [2.45, 2.75) is 146 Å². The lowest BCUT2D eigenvalue weighted by Crippen LogP contribution is -2.59. The predicted molar refractivity (Wildman–Crippen MR) is 210 cm³/mol. The number of aryl methyl sites for hydroxylation is 2. The molecular formula is C41H62N4O12S. The Labute approximate surface area is 341 Å². The van der Waals surface area contributed by atoms with Gasteiger partial charge in [0.05, 0.1) is 41.1 Å². The number of ketones is 2. The number of likely N-dealkylation sites (N-methyl/N-ethyl adjacent to an activating group) is 1. The molecule has 3 N–H and O–H groups in total. The second-order valence-corrected chi connectivity index (χ2v) is 19.2. The average molecular weight is 835 g/mol. The lowest BCUT2D eigenvalue weighted by atomic mass is 9.75. The molecule has 0 radical (unpaired) electrons. The van der Waals surface area contributed by atoms with Crippen LogP contribution in [0.25, 0.3) is 0 Å². The SMILES string of the molecule is CC[C@H]1OC(=O)[C@H](C)C(=O)[C@H](C)[C@@H](O[C@@H]2O[C@H](C)C[C@H](N(C)CCc3cn(CCc4ccc(S(C)(=O)=O)cc4)nn3)C2O)[C@@]2(C)C[C@@H](CO2)C(=O)[C@H](C)[C@@H](O)[C@]1(C)O. The monoisotopic (exact) mass is 834 g/mol. The Balaban J connectivity index is 1.29. The number of hydrogen-bond acceptors (Lipinski definition) is 15. The van der Waals surface area contributed by atoms with Crippen LogP contribution in [-0.2, 0) is 62.6 Å². The number of aliphatic hydroxyl groups is 3. The summed E-state index contributed by atoms with van der Waals surface area (Å²) in [6, 6.07) is 6.36. The minimum absolute atomic E-state index is 0.0174. The molecular weight excluding hydrogens is 773 g/mol.